The molecule has 0 unspecified atom stereocenters. The fraction of sp³-hybridized carbons (Fsp3) is 0. The molecule has 0 atom stereocenters. The zero-order valence-corrected chi connectivity index (χ0v) is 26.3. The molecule has 10 rings (SSSR count). The minimum atomic E-state index is -0.470. The Hall–Kier alpha value is -6.85. The summed E-state index contributed by atoms with van der Waals surface area (Å²) in [6.45, 7) is 0. The van der Waals surface area contributed by atoms with Crippen LogP contribution in [0.3, 0.4) is 0 Å². The zero-order valence-electron chi connectivity index (χ0n) is 33.3. The number of furan rings is 1. The van der Waals surface area contributed by atoms with E-state index >= 15 is 0 Å². The summed E-state index contributed by atoms with van der Waals surface area (Å²) in [7, 11) is 0. The van der Waals surface area contributed by atoms with Crippen molar-refractivity contribution in [2.24, 2.45) is 0 Å². The maximum atomic E-state index is 9.87. The van der Waals surface area contributed by atoms with Crippen LogP contribution in [0.2, 0.25) is 0 Å². The average molecular weight is 648 g/mol. The third kappa shape index (κ3) is 4.67. The van der Waals surface area contributed by atoms with Gasteiger partial charge in [0.05, 0.1) is 20.6 Å². The molecule has 0 fully saturated rings. The van der Waals surface area contributed by atoms with Crippen molar-refractivity contribution in [2.45, 2.75) is 0 Å². The molecule has 0 bridgehead atoms. The summed E-state index contributed by atoms with van der Waals surface area (Å²) in [5, 5.41) is 2.02. The molecule has 3 aromatic heterocycles. The first-order valence-electron chi connectivity index (χ1n) is 19.6. The van der Waals surface area contributed by atoms with Crippen LogP contribution in [0, 0.1) is 0 Å². The SMILES string of the molecule is [2H]c1c([2H])c([2H])c2c(c1[2H])c1c([2H])c([2H])c(-c3nc(-c4ccccc4)nc(-c4ccc5c(c4)oc4ccccc45)n3)c([2H])c1n2-c1cccc(-c2ccccc2)c1. The van der Waals surface area contributed by atoms with Gasteiger partial charge in [-0.05, 0) is 53.5 Å². The van der Waals surface area contributed by atoms with Crippen molar-refractivity contribution in [1.82, 2.24) is 19.5 Å². The topological polar surface area (TPSA) is 56.7 Å². The Labute approximate surface area is 297 Å². The van der Waals surface area contributed by atoms with Gasteiger partial charge >= 0.3 is 0 Å². The molecule has 0 aliphatic carbocycles. The van der Waals surface area contributed by atoms with E-state index in [0.29, 0.717) is 28.2 Å². The Morgan fingerprint density at radius 1 is 0.440 bits per heavy atom. The van der Waals surface area contributed by atoms with Gasteiger partial charge in [-0.3, -0.25) is 0 Å². The van der Waals surface area contributed by atoms with E-state index < -0.39 is 12.1 Å². The van der Waals surface area contributed by atoms with E-state index in [2.05, 4.69) is 0 Å². The first kappa shape index (κ1) is 21.9. The molecule has 50 heavy (non-hydrogen) atoms. The smallest absolute Gasteiger partial charge is 0.164 e. The zero-order chi connectivity index (χ0) is 39.1. The number of aromatic nitrogens is 4. The fourth-order valence-corrected chi connectivity index (χ4v) is 6.53. The standard InChI is InChI=1S/C45H28N4O/c1-3-12-29(13-4-1)31-16-11-17-34(26-31)49-39-20-9-7-18-35(39)36-24-22-32(27-40(36)49)44-46-43(30-14-5-2-6-15-30)47-45(48-44)33-23-25-38-37-19-8-10-21-41(37)50-42(38)28-33/h1-28H/i7D,9D,18D,20D,22D,24D,27D. The third-order valence-corrected chi connectivity index (χ3v) is 8.90. The normalized spacial score (nSPS) is 13.6. The van der Waals surface area contributed by atoms with Crippen LogP contribution in [0.25, 0.3) is 94.7 Å². The van der Waals surface area contributed by atoms with Gasteiger partial charge in [0.25, 0.3) is 0 Å². The number of hydrogen-bond acceptors (Lipinski definition) is 4. The number of fused-ring (bicyclic) bond motifs is 6. The second-order valence-corrected chi connectivity index (χ2v) is 11.9. The van der Waals surface area contributed by atoms with E-state index in [1.54, 1.807) is 10.6 Å². The summed E-state index contributed by atoms with van der Waals surface area (Å²) in [6, 6.07) is 37.4. The van der Waals surface area contributed by atoms with Crippen LogP contribution < -0.4 is 0 Å². The molecule has 234 valence electrons. The van der Waals surface area contributed by atoms with Gasteiger partial charge in [-0.1, -0.05) is 127 Å². The van der Waals surface area contributed by atoms with E-state index in [4.69, 9.17) is 24.9 Å². The summed E-state index contributed by atoms with van der Waals surface area (Å²) in [6.07, 6.45) is 0. The van der Waals surface area contributed by atoms with Gasteiger partial charge in [-0.25, -0.2) is 15.0 Å². The number of rotatable bonds is 5. The molecule has 0 amide bonds. The molecule has 0 aliphatic rings. The lowest BCUT2D eigenvalue weighted by Crippen LogP contribution is -2.00. The Kier molecular flexibility index (Phi) is 4.99. The summed E-state index contributed by atoms with van der Waals surface area (Å²) in [5.41, 5.74) is 5.13. The molecule has 3 heterocycles. The van der Waals surface area contributed by atoms with Crippen LogP contribution >= 0.6 is 0 Å². The molecule has 7 aromatic carbocycles. The minimum absolute atomic E-state index is 0.0108. The maximum Gasteiger partial charge on any atom is 0.164 e. The number of hydrogen-bond donors (Lipinski definition) is 0. The van der Waals surface area contributed by atoms with Crippen LogP contribution in [-0.2, 0) is 0 Å². The Balaban J connectivity index is 1.29. The highest BCUT2D eigenvalue weighted by molar-refractivity contribution is 6.10. The highest BCUT2D eigenvalue weighted by atomic mass is 16.3. The quantitative estimate of drug-likeness (QED) is 0.186. The number of benzene rings is 7. The van der Waals surface area contributed by atoms with Gasteiger partial charge in [0.2, 0.25) is 0 Å². The first-order chi connectivity index (χ1) is 27.7. The molecule has 10 aromatic rings. The van der Waals surface area contributed by atoms with E-state index in [1.165, 1.54) is 0 Å². The number of para-hydroxylation sites is 2. The van der Waals surface area contributed by atoms with Crippen molar-refractivity contribution in [2.75, 3.05) is 0 Å². The van der Waals surface area contributed by atoms with Crippen molar-refractivity contribution in [3.05, 3.63) is 170 Å². The molecule has 0 aliphatic heterocycles. The molecule has 0 saturated carbocycles. The third-order valence-electron chi connectivity index (χ3n) is 8.90. The molecule has 0 N–H and O–H groups in total. The fourth-order valence-electron chi connectivity index (χ4n) is 6.53. The predicted octanol–water partition coefficient (Wildman–Crippen LogP) is 11.5. The van der Waals surface area contributed by atoms with E-state index in [1.807, 2.05) is 121 Å². The summed E-state index contributed by atoms with van der Waals surface area (Å²) in [5.74, 6) is 0.548. The Bertz CT molecular complexity index is 3270. The van der Waals surface area contributed by atoms with E-state index in [-0.39, 0.29) is 69.2 Å². The van der Waals surface area contributed by atoms with Crippen LogP contribution in [0.1, 0.15) is 9.60 Å². The lowest BCUT2D eigenvalue weighted by molar-refractivity contribution is 0.669. The van der Waals surface area contributed by atoms with Crippen molar-refractivity contribution in [3.63, 3.8) is 0 Å². The Morgan fingerprint density at radius 2 is 1.10 bits per heavy atom. The molecule has 0 radical (unpaired) electrons. The molecular weight excluding hydrogens is 613 g/mol. The van der Waals surface area contributed by atoms with Crippen molar-refractivity contribution in [3.8, 4) is 51.0 Å². The van der Waals surface area contributed by atoms with Gasteiger partial charge in [0, 0.05) is 43.9 Å². The van der Waals surface area contributed by atoms with Crippen molar-refractivity contribution in [1.29, 1.82) is 0 Å². The second kappa shape index (κ2) is 11.4. The highest BCUT2D eigenvalue weighted by Crippen LogP contribution is 2.37. The van der Waals surface area contributed by atoms with Gasteiger partial charge in [-0.15, -0.1) is 0 Å². The van der Waals surface area contributed by atoms with E-state index in [0.717, 1.165) is 27.5 Å². The van der Waals surface area contributed by atoms with Gasteiger partial charge in [0.1, 0.15) is 11.2 Å². The highest BCUT2D eigenvalue weighted by Gasteiger charge is 2.18. The number of nitrogens with zero attached hydrogens (tertiary/aromatic N) is 4. The average Bonchev–Trinajstić information content (AvgIpc) is 3.82. The van der Waals surface area contributed by atoms with Crippen LogP contribution in [0.15, 0.2) is 174 Å². The summed E-state index contributed by atoms with van der Waals surface area (Å²) >= 11 is 0. The van der Waals surface area contributed by atoms with E-state index in [9.17, 15) is 4.11 Å². The van der Waals surface area contributed by atoms with Crippen molar-refractivity contribution >= 4 is 43.7 Å². The van der Waals surface area contributed by atoms with Gasteiger partial charge in [0.15, 0.2) is 17.5 Å². The van der Waals surface area contributed by atoms with Crippen LogP contribution in [-0.4, -0.2) is 19.5 Å². The summed E-state index contributed by atoms with van der Waals surface area (Å²) < 4.78 is 71.8. The largest absolute Gasteiger partial charge is 0.456 e. The Morgan fingerprint density at radius 3 is 1.94 bits per heavy atom. The lowest BCUT2D eigenvalue weighted by Gasteiger charge is -2.12. The van der Waals surface area contributed by atoms with Gasteiger partial charge in [-0.2, -0.15) is 0 Å². The first-order valence-corrected chi connectivity index (χ1v) is 16.1. The van der Waals surface area contributed by atoms with Crippen molar-refractivity contribution < 1.29 is 14.0 Å². The minimum Gasteiger partial charge on any atom is -0.456 e. The monoisotopic (exact) mass is 647 g/mol. The lowest BCUT2D eigenvalue weighted by atomic mass is 10.1. The van der Waals surface area contributed by atoms with Crippen LogP contribution in [0.5, 0.6) is 0 Å². The second-order valence-electron chi connectivity index (χ2n) is 11.9. The predicted molar refractivity (Wildman–Crippen MR) is 203 cm³/mol. The molecule has 0 saturated heterocycles. The van der Waals surface area contributed by atoms with Crippen LogP contribution in [0.4, 0.5) is 0 Å². The summed E-state index contributed by atoms with van der Waals surface area (Å²) in [4.78, 5) is 14.6. The van der Waals surface area contributed by atoms with Gasteiger partial charge < -0.3 is 8.98 Å². The molecule has 5 nitrogen and oxygen atoms in total. The molecular formula is C45H28N4O. The molecule has 5 heteroatoms. The maximum absolute atomic E-state index is 9.87. The molecule has 0 spiro atoms.